The lowest BCUT2D eigenvalue weighted by Crippen LogP contribution is -2.43. The molecule has 0 spiro atoms. The standard InChI is InChI=1S/C19H26N2O3/c1-5-7-15-10-11-16(8-6-2)21(15)19(22)20-14-9-12-17(23-3)18(13-14)24-4/h5-6,9,12-13,15-16H,1-2,7-8,10-11H2,3-4H3,(H,20,22). The summed E-state index contributed by atoms with van der Waals surface area (Å²) in [6.45, 7) is 7.61. The molecule has 0 saturated carbocycles. The van der Waals surface area contributed by atoms with Crippen LogP contribution in [0.25, 0.3) is 0 Å². The zero-order valence-electron chi connectivity index (χ0n) is 14.5. The van der Waals surface area contributed by atoms with Crippen LogP contribution >= 0.6 is 0 Å². The molecule has 130 valence electrons. The van der Waals surface area contributed by atoms with Gasteiger partial charge in [0.1, 0.15) is 0 Å². The first-order valence-corrected chi connectivity index (χ1v) is 8.17. The van der Waals surface area contributed by atoms with Crippen LogP contribution in [0.4, 0.5) is 10.5 Å². The van der Waals surface area contributed by atoms with Gasteiger partial charge in [0.05, 0.1) is 14.2 Å². The molecule has 2 rings (SSSR count). The van der Waals surface area contributed by atoms with E-state index >= 15 is 0 Å². The Morgan fingerprint density at radius 3 is 2.25 bits per heavy atom. The number of anilines is 1. The molecule has 0 bridgehead atoms. The van der Waals surface area contributed by atoms with E-state index < -0.39 is 0 Å². The van der Waals surface area contributed by atoms with Gasteiger partial charge in [-0.05, 0) is 37.8 Å². The summed E-state index contributed by atoms with van der Waals surface area (Å²) >= 11 is 0. The molecule has 1 aliphatic rings. The molecule has 1 heterocycles. The Hall–Kier alpha value is -2.43. The Bertz CT molecular complexity index is 582. The number of carbonyl (C=O) groups excluding carboxylic acids is 1. The van der Waals surface area contributed by atoms with E-state index in [1.54, 1.807) is 32.4 Å². The molecule has 2 amide bonds. The predicted molar refractivity (Wildman–Crippen MR) is 96.8 cm³/mol. The molecule has 1 N–H and O–H groups in total. The summed E-state index contributed by atoms with van der Waals surface area (Å²) in [5, 5.41) is 2.97. The van der Waals surface area contributed by atoms with E-state index in [0.717, 1.165) is 25.7 Å². The number of benzene rings is 1. The zero-order chi connectivity index (χ0) is 17.5. The van der Waals surface area contributed by atoms with Crippen molar-refractivity contribution < 1.29 is 14.3 Å². The van der Waals surface area contributed by atoms with Crippen molar-refractivity contribution in [3.63, 3.8) is 0 Å². The van der Waals surface area contributed by atoms with E-state index in [2.05, 4.69) is 18.5 Å². The molecule has 0 aliphatic carbocycles. The molecule has 1 aromatic rings. The highest BCUT2D eigenvalue weighted by molar-refractivity contribution is 5.90. The fourth-order valence-corrected chi connectivity index (χ4v) is 3.24. The summed E-state index contributed by atoms with van der Waals surface area (Å²) < 4.78 is 10.5. The van der Waals surface area contributed by atoms with Crippen molar-refractivity contribution >= 4 is 11.7 Å². The minimum atomic E-state index is -0.0987. The highest BCUT2D eigenvalue weighted by atomic mass is 16.5. The summed E-state index contributed by atoms with van der Waals surface area (Å²) in [6, 6.07) is 5.62. The highest BCUT2D eigenvalue weighted by Crippen LogP contribution is 2.32. The minimum Gasteiger partial charge on any atom is -0.493 e. The van der Waals surface area contributed by atoms with Crippen LogP contribution in [0.2, 0.25) is 0 Å². The van der Waals surface area contributed by atoms with Gasteiger partial charge in [-0.25, -0.2) is 4.79 Å². The van der Waals surface area contributed by atoms with Crippen molar-refractivity contribution in [2.45, 2.75) is 37.8 Å². The Morgan fingerprint density at radius 2 is 1.75 bits per heavy atom. The predicted octanol–water partition coefficient (Wildman–Crippen LogP) is 4.22. The molecular weight excluding hydrogens is 304 g/mol. The second-order valence-electron chi connectivity index (χ2n) is 5.84. The smallest absolute Gasteiger partial charge is 0.322 e. The number of methoxy groups -OCH3 is 2. The number of rotatable bonds is 7. The van der Waals surface area contributed by atoms with E-state index in [9.17, 15) is 4.79 Å². The third-order valence-electron chi connectivity index (χ3n) is 4.37. The van der Waals surface area contributed by atoms with Crippen LogP contribution in [-0.4, -0.2) is 37.2 Å². The molecule has 1 saturated heterocycles. The summed E-state index contributed by atoms with van der Waals surface area (Å²) in [5.41, 5.74) is 0.680. The Balaban J connectivity index is 2.16. The van der Waals surface area contributed by atoms with Gasteiger partial charge < -0.3 is 19.7 Å². The Morgan fingerprint density at radius 1 is 1.17 bits per heavy atom. The maximum atomic E-state index is 12.8. The topological polar surface area (TPSA) is 50.8 Å². The molecule has 5 heteroatoms. The third kappa shape index (κ3) is 3.91. The number of hydrogen-bond acceptors (Lipinski definition) is 3. The molecule has 1 fully saturated rings. The normalized spacial score (nSPS) is 19.7. The largest absolute Gasteiger partial charge is 0.493 e. The van der Waals surface area contributed by atoms with Crippen molar-refractivity contribution in [2.75, 3.05) is 19.5 Å². The van der Waals surface area contributed by atoms with Gasteiger partial charge in [-0.1, -0.05) is 12.2 Å². The summed E-state index contributed by atoms with van der Waals surface area (Å²) in [6.07, 6.45) is 7.32. The lowest BCUT2D eigenvalue weighted by molar-refractivity contribution is 0.186. The van der Waals surface area contributed by atoms with Crippen LogP contribution in [0.15, 0.2) is 43.5 Å². The molecule has 0 aromatic heterocycles. The first kappa shape index (κ1) is 17.9. The van der Waals surface area contributed by atoms with Gasteiger partial charge in [-0.3, -0.25) is 0 Å². The highest BCUT2D eigenvalue weighted by Gasteiger charge is 2.35. The number of nitrogens with one attached hydrogen (secondary N) is 1. The zero-order valence-corrected chi connectivity index (χ0v) is 14.5. The maximum Gasteiger partial charge on any atom is 0.322 e. The fraction of sp³-hybridized carbons (Fsp3) is 0.421. The molecule has 5 nitrogen and oxygen atoms in total. The Kier molecular flexibility index (Phi) is 6.29. The van der Waals surface area contributed by atoms with Gasteiger partial charge in [0, 0.05) is 23.8 Å². The van der Waals surface area contributed by atoms with Gasteiger partial charge in [0.2, 0.25) is 0 Å². The molecule has 2 unspecified atom stereocenters. The van der Waals surface area contributed by atoms with E-state index in [-0.39, 0.29) is 18.1 Å². The molecule has 24 heavy (non-hydrogen) atoms. The summed E-state index contributed by atoms with van der Waals surface area (Å²) in [5.74, 6) is 1.22. The van der Waals surface area contributed by atoms with Crippen LogP contribution in [0.5, 0.6) is 11.5 Å². The number of hydrogen-bond donors (Lipinski definition) is 1. The van der Waals surface area contributed by atoms with Crippen molar-refractivity contribution in [1.82, 2.24) is 4.90 Å². The first-order valence-electron chi connectivity index (χ1n) is 8.17. The number of amides is 2. The van der Waals surface area contributed by atoms with Gasteiger partial charge in [0.15, 0.2) is 11.5 Å². The first-order chi connectivity index (χ1) is 11.6. The van der Waals surface area contributed by atoms with E-state index in [0.29, 0.717) is 17.2 Å². The molecule has 2 atom stereocenters. The average Bonchev–Trinajstić information content (AvgIpc) is 2.98. The quantitative estimate of drug-likeness (QED) is 0.762. The number of carbonyl (C=O) groups is 1. The Labute approximate surface area is 143 Å². The van der Waals surface area contributed by atoms with Crippen molar-refractivity contribution in [2.24, 2.45) is 0 Å². The van der Waals surface area contributed by atoms with E-state index in [1.807, 2.05) is 17.1 Å². The van der Waals surface area contributed by atoms with E-state index in [1.165, 1.54) is 0 Å². The maximum absolute atomic E-state index is 12.8. The summed E-state index contributed by atoms with van der Waals surface area (Å²) in [7, 11) is 3.16. The van der Waals surface area contributed by atoms with Crippen LogP contribution in [0.1, 0.15) is 25.7 Å². The van der Waals surface area contributed by atoms with Crippen molar-refractivity contribution in [1.29, 1.82) is 0 Å². The number of likely N-dealkylation sites (tertiary alicyclic amines) is 1. The molecular formula is C19H26N2O3. The second kappa shape index (κ2) is 8.43. The van der Waals surface area contributed by atoms with Crippen LogP contribution in [-0.2, 0) is 0 Å². The number of ether oxygens (including phenoxy) is 2. The monoisotopic (exact) mass is 330 g/mol. The second-order valence-corrected chi connectivity index (χ2v) is 5.84. The van der Waals surface area contributed by atoms with Gasteiger partial charge in [-0.2, -0.15) is 0 Å². The number of urea groups is 1. The average molecular weight is 330 g/mol. The SMILES string of the molecule is C=CCC1CCC(CC=C)N1C(=O)Nc1ccc(OC)c(OC)c1. The fourth-order valence-electron chi connectivity index (χ4n) is 3.24. The van der Waals surface area contributed by atoms with Gasteiger partial charge in [-0.15, -0.1) is 13.2 Å². The van der Waals surface area contributed by atoms with Crippen LogP contribution in [0, 0.1) is 0 Å². The lowest BCUT2D eigenvalue weighted by Gasteiger charge is -2.29. The molecule has 0 radical (unpaired) electrons. The van der Waals surface area contributed by atoms with Crippen molar-refractivity contribution in [3.8, 4) is 11.5 Å². The van der Waals surface area contributed by atoms with Gasteiger partial charge in [0.25, 0.3) is 0 Å². The molecule has 1 aliphatic heterocycles. The van der Waals surface area contributed by atoms with Crippen LogP contribution in [0.3, 0.4) is 0 Å². The molecule has 1 aromatic carbocycles. The third-order valence-corrected chi connectivity index (χ3v) is 4.37. The lowest BCUT2D eigenvalue weighted by atomic mass is 10.1. The van der Waals surface area contributed by atoms with Crippen LogP contribution < -0.4 is 14.8 Å². The van der Waals surface area contributed by atoms with Crippen molar-refractivity contribution in [3.05, 3.63) is 43.5 Å². The minimum absolute atomic E-state index is 0.0987. The number of nitrogens with zero attached hydrogens (tertiary/aromatic N) is 1. The summed E-state index contributed by atoms with van der Waals surface area (Å²) in [4.78, 5) is 14.7. The van der Waals surface area contributed by atoms with E-state index in [4.69, 9.17) is 9.47 Å². The van der Waals surface area contributed by atoms with Gasteiger partial charge >= 0.3 is 6.03 Å².